The van der Waals surface area contributed by atoms with E-state index in [0.717, 1.165) is 18.3 Å². The molecule has 0 unspecified atom stereocenters. The van der Waals surface area contributed by atoms with Crippen molar-refractivity contribution in [2.45, 2.75) is 6.42 Å². The molecule has 0 aromatic heterocycles. The van der Waals surface area contributed by atoms with Crippen LogP contribution in [0.4, 0.5) is 0 Å². The van der Waals surface area contributed by atoms with E-state index in [4.69, 9.17) is 18.9 Å². The number of carbonyl (C=O) groups excluding carboxylic acids is 1. The van der Waals surface area contributed by atoms with Gasteiger partial charge in [0.2, 0.25) is 0 Å². The van der Waals surface area contributed by atoms with Crippen molar-refractivity contribution in [3.8, 4) is 23.0 Å². The van der Waals surface area contributed by atoms with Gasteiger partial charge < -0.3 is 18.9 Å². The Morgan fingerprint density at radius 3 is 2.38 bits per heavy atom. The summed E-state index contributed by atoms with van der Waals surface area (Å²) in [7, 11) is 3.13. The minimum absolute atomic E-state index is 0.299. The number of rotatable bonds is 10. The van der Waals surface area contributed by atoms with Crippen LogP contribution in [0.1, 0.15) is 15.9 Å². The molecular formula is C20H21BrO5. The second-order valence-electron chi connectivity index (χ2n) is 5.33. The molecule has 0 radical (unpaired) electrons. The lowest BCUT2D eigenvalue weighted by Crippen LogP contribution is -2.10. The van der Waals surface area contributed by atoms with Gasteiger partial charge in [-0.15, -0.1) is 6.58 Å². The van der Waals surface area contributed by atoms with Gasteiger partial charge in [0.15, 0.2) is 23.0 Å². The lowest BCUT2D eigenvalue weighted by molar-refractivity contribution is 0.112. The average molecular weight is 421 g/mol. The Morgan fingerprint density at radius 1 is 1.00 bits per heavy atom. The number of benzene rings is 2. The van der Waals surface area contributed by atoms with Crippen LogP contribution in [0.2, 0.25) is 0 Å². The Kier molecular flexibility index (Phi) is 7.53. The second-order valence-corrected chi connectivity index (χ2v) is 6.18. The van der Waals surface area contributed by atoms with E-state index >= 15 is 0 Å². The number of hydrogen-bond acceptors (Lipinski definition) is 5. The molecule has 0 aliphatic heterocycles. The van der Waals surface area contributed by atoms with Crippen LogP contribution in [-0.2, 0) is 6.42 Å². The van der Waals surface area contributed by atoms with Crippen LogP contribution >= 0.6 is 15.9 Å². The molecule has 2 rings (SSSR count). The van der Waals surface area contributed by atoms with Crippen molar-refractivity contribution in [3.05, 3.63) is 58.6 Å². The first kappa shape index (κ1) is 19.8. The van der Waals surface area contributed by atoms with Crippen molar-refractivity contribution in [1.29, 1.82) is 0 Å². The SMILES string of the molecule is C=CCc1ccc(OCCOc2c(Br)cc(C=O)cc2OC)c(OC)c1. The van der Waals surface area contributed by atoms with E-state index in [-0.39, 0.29) is 0 Å². The first-order valence-electron chi connectivity index (χ1n) is 7.99. The smallest absolute Gasteiger partial charge is 0.175 e. The van der Waals surface area contributed by atoms with Crippen LogP contribution in [0.15, 0.2) is 47.5 Å². The molecule has 26 heavy (non-hydrogen) atoms. The maximum atomic E-state index is 10.9. The fourth-order valence-corrected chi connectivity index (χ4v) is 2.94. The van der Waals surface area contributed by atoms with Crippen LogP contribution in [0.5, 0.6) is 23.0 Å². The van der Waals surface area contributed by atoms with Gasteiger partial charge in [0.05, 0.1) is 18.7 Å². The standard InChI is InChI=1S/C20H21BrO5/c1-4-5-14-6-7-17(18(11-14)23-2)25-8-9-26-20-16(21)10-15(13-22)12-19(20)24-3/h4,6-7,10-13H,1,5,8-9H2,2-3H3. The Morgan fingerprint density at radius 2 is 1.73 bits per heavy atom. The monoisotopic (exact) mass is 420 g/mol. The summed E-state index contributed by atoms with van der Waals surface area (Å²) in [6.07, 6.45) is 3.36. The third-order valence-corrected chi connectivity index (χ3v) is 4.17. The quantitative estimate of drug-likeness (QED) is 0.322. The minimum Gasteiger partial charge on any atom is -0.493 e. The van der Waals surface area contributed by atoms with Gasteiger partial charge in [-0.25, -0.2) is 0 Å². The van der Waals surface area contributed by atoms with Crippen LogP contribution in [-0.4, -0.2) is 33.7 Å². The Balaban J connectivity index is 1.99. The van der Waals surface area contributed by atoms with Crippen molar-refractivity contribution in [1.82, 2.24) is 0 Å². The third-order valence-electron chi connectivity index (χ3n) is 3.58. The largest absolute Gasteiger partial charge is 0.493 e. The molecule has 6 heteroatoms. The summed E-state index contributed by atoms with van der Waals surface area (Å²) in [5.41, 5.74) is 1.60. The number of methoxy groups -OCH3 is 2. The molecule has 2 aromatic carbocycles. The lowest BCUT2D eigenvalue weighted by Gasteiger charge is -2.15. The molecule has 0 fully saturated rings. The molecule has 0 aliphatic rings. The molecule has 0 aliphatic carbocycles. The first-order valence-corrected chi connectivity index (χ1v) is 8.78. The number of halogens is 1. The molecule has 5 nitrogen and oxygen atoms in total. The van der Waals surface area contributed by atoms with Crippen molar-refractivity contribution >= 4 is 22.2 Å². The highest BCUT2D eigenvalue weighted by molar-refractivity contribution is 9.10. The van der Waals surface area contributed by atoms with Gasteiger partial charge in [-0.05, 0) is 52.2 Å². The molecular weight excluding hydrogens is 400 g/mol. The van der Waals surface area contributed by atoms with Gasteiger partial charge in [-0.1, -0.05) is 12.1 Å². The molecule has 0 saturated heterocycles. The fourth-order valence-electron chi connectivity index (χ4n) is 2.37. The van der Waals surface area contributed by atoms with Crippen LogP contribution in [0.25, 0.3) is 0 Å². The first-order chi connectivity index (χ1) is 12.6. The molecule has 0 saturated carbocycles. The van der Waals surface area contributed by atoms with Gasteiger partial charge in [-0.2, -0.15) is 0 Å². The zero-order chi connectivity index (χ0) is 18.9. The van der Waals surface area contributed by atoms with Crippen molar-refractivity contribution in [2.75, 3.05) is 27.4 Å². The van der Waals surface area contributed by atoms with Gasteiger partial charge in [0.1, 0.15) is 19.5 Å². The number of carbonyl (C=O) groups is 1. The van der Waals surface area contributed by atoms with Gasteiger partial charge in [0, 0.05) is 5.56 Å². The van der Waals surface area contributed by atoms with Gasteiger partial charge in [0.25, 0.3) is 0 Å². The topological polar surface area (TPSA) is 54.0 Å². The summed E-state index contributed by atoms with van der Waals surface area (Å²) in [6.45, 7) is 4.35. The van der Waals surface area contributed by atoms with E-state index in [9.17, 15) is 4.79 Å². The van der Waals surface area contributed by atoms with E-state index in [1.165, 1.54) is 7.11 Å². The number of allylic oxidation sites excluding steroid dienone is 1. The van der Waals surface area contributed by atoms with E-state index < -0.39 is 0 Å². The zero-order valence-electron chi connectivity index (χ0n) is 14.8. The van der Waals surface area contributed by atoms with Crippen LogP contribution < -0.4 is 18.9 Å². The lowest BCUT2D eigenvalue weighted by atomic mass is 10.1. The molecule has 138 valence electrons. The summed E-state index contributed by atoms with van der Waals surface area (Å²) in [4.78, 5) is 10.9. The van der Waals surface area contributed by atoms with Crippen LogP contribution in [0, 0.1) is 0 Å². The number of aldehydes is 1. The van der Waals surface area contributed by atoms with E-state index in [2.05, 4.69) is 22.5 Å². The molecule has 0 amide bonds. The number of ether oxygens (including phenoxy) is 4. The minimum atomic E-state index is 0.299. The summed E-state index contributed by atoms with van der Waals surface area (Å²) in [5.74, 6) is 2.31. The van der Waals surface area contributed by atoms with E-state index in [0.29, 0.717) is 46.2 Å². The Bertz CT molecular complexity index is 773. The maximum absolute atomic E-state index is 10.9. The van der Waals surface area contributed by atoms with Crippen molar-refractivity contribution in [2.24, 2.45) is 0 Å². The fraction of sp³-hybridized carbons (Fsp3) is 0.250. The molecule has 0 N–H and O–H groups in total. The van der Waals surface area contributed by atoms with Crippen molar-refractivity contribution < 1.29 is 23.7 Å². The summed E-state index contributed by atoms with van der Waals surface area (Å²) < 4.78 is 22.8. The normalized spacial score (nSPS) is 10.1. The number of hydrogen-bond donors (Lipinski definition) is 0. The highest BCUT2D eigenvalue weighted by Crippen LogP contribution is 2.36. The Labute approximate surface area is 161 Å². The van der Waals surface area contributed by atoms with Crippen LogP contribution in [0.3, 0.4) is 0 Å². The molecule has 0 bridgehead atoms. The average Bonchev–Trinajstić information content (AvgIpc) is 2.66. The highest BCUT2D eigenvalue weighted by Gasteiger charge is 2.12. The molecule has 0 atom stereocenters. The molecule has 0 heterocycles. The molecule has 0 spiro atoms. The third kappa shape index (κ3) is 5.02. The summed E-state index contributed by atoms with van der Waals surface area (Å²) in [6, 6.07) is 9.06. The van der Waals surface area contributed by atoms with E-state index in [1.54, 1.807) is 19.2 Å². The second kappa shape index (κ2) is 9.87. The highest BCUT2D eigenvalue weighted by atomic mass is 79.9. The van der Waals surface area contributed by atoms with Crippen molar-refractivity contribution in [3.63, 3.8) is 0 Å². The summed E-state index contributed by atoms with van der Waals surface area (Å²) in [5, 5.41) is 0. The Hall–Kier alpha value is -2.47. The molecule has 2 aromatic rings. The predicted octanol–water partition coefficient (Wildman–Crippen LogP) is 4.47. The predicted molar refractivity (Wildman–Crippen MR) is 104 cm³/mol. The summed E-state index contributed by atoms with van der Waals surface area (Å²) >= 11 is 3.39. The van der Waals surface area contributed by atoms with Gasteiger partial charge >= 0.3 is 0 Å². The van der Waals surface area contributed by atoms with Gasteiger partial charge in [-0.3, -0.25) is 4.79 Å². The zero-order valence-corrected chi connectivity index (χ0v) is 16.4. The van der Waals surface area contributed by atoms with E-state index in [1.807, 2.05) is 24.3 Å². The maximum Gasteiger partial charge on any atom is 0.175 e.